The highest BCUT2D eigenvalue weighted by atomic mass is 35.5. The smallest absolute Gasteiger partial charge is 0.335 e. The lowest BCUT2D eigenvalue weighted by molar-refractivity contribution is 0.0696. The molecule has 0 saturated carbocycles. The van der Waals surface area contributed by atoms with Crippen LogP contribution in [0, 0.1) is 0 Å². The van der Waals surface area contributed by atoms with Crippen LogP contribution in [0.15, 0.2) is 36.4 Å². The summed E-state index contributed by atoms with van der Waals surface area (Å²) in [5.41, 5.74) is 1.14. The van der Waals surface area contributed by atoms with E-state index < -0.39 is 11.9 Å². The van der Waals surface area contributed by atoms with Gasteiger partial charge >= 0.3 is 5.97 Å². The van der Waals surface area contributed by atoms with Crippen LogP contribution in [0.3, 0.4) is 0 Å². The normalized spacial score (nSPS) is 11.2. The molecule has 0 radical (unpaired) electrons. The van der Waals surface area contributed by atoms with Gasteiger partial charge in [0.15, 0.2) is 0 Å². The summed E-state index contributed by atoms with van der Waals surface area (Å²) in [6.45, 7) is 6.01. The minimum absolute atomic E-state index is 0.0237. The van der Waals surface area contributed by atoms with Gasteiger partial charge in [0, 0.05) is 0 Å². The number of halogens is 1. The van der Waals surface area contributed by atoms with Crippen LogP contribution in [0.4, 0.5) is 5.69 Å². The number of carbonyl (C=O) groups is 2. The summed E-state index contributed by atoms with van der Waals surface area (Å²) in [6, 6.07) is 8.88. The van der Waals surface area contributed by atoms with E-state index in [0.29, 0.717) is 0 Å². The van der Waals surface area contributed by atoms with E-state index in [0.717, 1.165) is 5.56 Å². The van der Waals surface area contributed by atoms with Gasteiger partial charge in [-0.15, -0.1) is 0 Å². The van der Waals surface area contributed by atoms with Gasteiger partial charge in [-0.1, -0.05) is 38.4 Å². The number of nitrogens with one attached hydrogen (secondary N) is 1. The van der Waals surface area contributed by atoms with Crippen molar-refractivity contribution in [2.24, 2.45) is 0 Å². The highest BCUT2D eigenvalue weighted by Crippen LogP contribution is 2.29. The second kappa shape index (κ2) is 6.53. The molecule has 0 aliphatic carbocycles. The first-order valence-corrected chi connectivity index (χ1v) is 7.65. The molecule has 3 N–H and O–H groups in total. The Morgan fingerprint density at radius 2 is 1.75 bits per heavy atom. The van der Waals surface area contributed by atoms with Crippen LogP contribution in [0.25, 0.3) is 0 Å². The second-order valence-corrected chi connectivity index (χ2v) is 6.84. The number of anilines is 1. The number of hydrogen-bond donors (Lipinski definition) is 3. The summed E-state index contributed by atoms with van der Waals surface area (Å²) < 4.78 is 0. The zero-order chi connectivity index (χ0) is 18.1. The Balaban J connectivity index is 2.32. The SMILES string of the molecule is CC(C)(C)c1ccc(O)c(C(=O)Nc2ccc(C(=O)O)cc2Cl)c1. The number of benzene rings is 2. The average molecular weight is 348 g/mol. The molecule has 1 amide bonds. The van der Waals surface area contributed by atoms with Gasteiger partial charge in [0.2, 0.25) is 0 Å². The largest absolute Gasteiger partial charge is 0.507 e. The van der Waals surface area contributed by atoms with Crippen LogP contribution >= 0.6 is 11.6 Å². The molecule has 126 valence electrons. The Labute approximate surface area is 144 Å². The first kappa shape index (κ1) is 17.8. The number of aromatic hydroxyl groups is 1. The fraction of sp³-hybridized carbons (Fsp3) is 0.222. The van der Waals surface area contributed by atoms with Gasteiger partial charge in [-0.25, -0.2) is 4.79 Å². The molecule has 0 heterocycles. The molecule has 0 aliphatic heterocycles. The van der Waals surface area contributed by atoms with Crippen LogP contribution in [0.2, 0.25) is 5.02 Å². The standard InChI is InChI=1S/C18H18ClNO4/c1-18(2,3)11-5-7-15(21)12(9-11)16(22)20-14-6-4-10(17(23)24)8-13(14)19/h4-9,21H,1-3H3,(H,20,22)(H,23,24). The number of phenols is 1. The van der Waals surface area contributed by atoms with Crippen molar-refractivity contribution in [1.82, 2.24) is 0 Å². The maximum atomic E-state index is 12.4. The summed E-state index contributed by atoms with van der Waals surface area (Å²) >= 11 is 6.01. The number of carbonyl (C=O) groups excluding carboxylic acids is 1. The van der Waals surface area contributed by atoms with E-state index in [1.807, 2.05) is 20.8 Å². The van der Waals surface area contributed by atoms with Crippen LogP contribution in [-0.4, -0.2) is 22.1 Å². The number of aromatic carboxylic acids is 1. The van der Waals surface area contributed by atoms with Crippen molar-refractivity contribution in [2.45, 2.75) is 26.2 Å². The van der Waals surface area contributed by atoms with Gasteiger partial charge in [0.1, 0.15) is 5.75 Å². The zero-order valence-electron chi connectivity index (χ0n) is 13.6. The number of carboxylic acid groups (broad SMARTS) is 1. The maximum Gasteiger partial charge on any atom is 0.335 e. The van der Waals surface area contributed by atoms with Gasteiger partial charge in [-0.2, -0.15) is 0 Å². The lowest BCUT2D eigenvalue weighted by Crippen LogP contribution is -2.16. The van der Waals surface area contributed by atoms with Crippen molar-refractivity contribution in [1.29, 1.82) is 0 Å². The summed E-state index contributed by atoms with van der Waals surface area (Å²) in [5, 5.41) is 21.6. The number of phenolic OH excluding ortho intramolecular Hbond substituents is 1. The van der Waals surface area contributed by atoms with E-state index in [2.05, 4.69) is 5.32 Å². The number of carboxylic acids is 1. The third kappa shape index (κ3) is 3.86. The van der Waals surface area contributed by atoms with Crippen molar-refractivity contribution >= 4 is 29.2 Å². The Bertz CT molecular complexity index is 809. The van der Waals surface area contributed by atoms with Crippen molar-refractivity contribution in [2.75, 3.05) is 5.32 Å². The molecule has 2 aromatic rings. The number of hydrogen-bond acceptors (Lipinski definition) is 3. The fourth-order valence-corrected chi connectivity index (χ4v) is 2.35. The van der Waals surface area contributed by atoms with E-state index in [-0.39, 0.29) is 33.0 Å². The van der Waals surface area contributed by atoms with E-state index in [4.69, 9.17) is 16.7 Å². The van der Waals surface area contributed by atoms with Crippen LogP contribution in [-0.2, 0) is 5.41 Å². The molecular formula is C18H18ClNO4. The fourth-order valence-electron chi connectivity index (χ4n) is 2.12. The summed E-state index contributed by atoms with van der Waals surface area (Å²) in [5.74, 6) is -1.77. The van der Waals surface area contributed by atoms with E-state index in [9.17, 15) is 14.7 Å². The molecule has 6 heteroatoms. The molecule has 2 aromatic carbocycles. The zero-order valence-corrected chi connectivity index (χ0v) is 14.3. The predicted octanol–water partition coefficient (Wildman–Crippen LogP) is 4.29. The molecule has 0 aromatic heterocycles. The lowest BCUT2D eigenvalue weighted by Gasteiger charge is -2.20. The van der Waals surface area contributed by atoms with Crippen molar-refractivity contribution in [3.8, 4) is 5.75 Å². The lowest BCUT2D eigenvalue weighted by atomic mass is 9.86. The quantitative estimate of drug-likeness (QED) is 0.772. The topological polar surface area (TPSA) is 86.6 Å². The molecule has 0 saturated heterocycles. The average Bonchev–Trinajstić information content (AvgIpc) is 2.48. The highest BCUT2D eigenvalue weighted by Gasteiger charge is 2.19. The van der Waals surface area contributed by atoms with Crippen LogP contribution in [0.5, 0.6) is 5.75 Å². The van der Waals surface area contributed by atoms with Gasteiger partial charge in [-0.05, 0) is 41.3 Å². The first-order valence-electron chi connectivity index (χ1n) is 7.27. The van der Waals surface area contributed by atoms with E-state index in [1.54, 1.807) is 12.1 Å². The number of amides is 1. The van der Waals surface area contributed by atoms with Crippen molar-refractivity contribution < 1.29 is 19.8 Å². The van der Waals surface area contributed by atoms with E-state index >= 15 is 0 Å². The Morgan fingerprint density at radius 1 is 1.08 bits per heavy atom. The Morgan fingerprint density at radius 3 is 2.29 bits per heavy atom. The predicted molar refractivity (Wildman–Crippen MR) is 93.2 cm³/mol. The van der Waals surface area contributed by atoms with Gasteiger partial charge in [0.25, 0.3) is 5.91 Å². The summed E-state index contributed by atoms with van der Waals surface area (Å²) in [7, 11) is 0. The van der Waals surface area contributed by atoms with Crippen molar-refractivity contribution in [3.63, 3.8) is 0 Å². The summed E-state index contributed by atoms with van der Waals surface area (Å²) in [6.07, 6.45) is 0. The third-order valence-corrected chi connectivity index (χ3v) is 3.88. The molecule has 0 unspecified atom stereocenters. The maximum absolute atomic E-state index is 12.4. The molecule has 0 fully saturated rings. The number of rotatable bonds is 3. The first-order chi connectivity index (χ1) is 11.1. The molecule has 2 rings (SSSR count). The molecular weight excluding hydrogens is 330 g/mol. The van der Waals surface area contributed by atoms with Gasteiger partial charge in [0.05, 0.1) is 21.8 Å². The van der Waals surface area contributed by atoms with Crippen LogP contribution in [0.1, 0.15) is 47.1 Å². The van der Waals surface area contributed by atoms with Crippen molar-refractivity contribution in [3.05, 3.63) is 58.1 Å². The highest BCUT2D eigenvalue weighted by molar-refractivity contribution is 6.34. The molecule has 0 spiro atoms. The van der Waals surface area contributed by atoms with Gasteiger partial charge < -0.3 is 15.5 Å². The Kier molecular flexibility index (Phi) is 4.85. The van der Waals surface area contributed by atoms with E-state index in [1.165, 1.54) is 24.3 Å². The minimum atomic E-state index is -1.11. The third-order valence-electron chi connectivity index (χ3n) is 3.57. The van der Waals surface area contributed by atoms with Crippen LogP contribution < -0.4 is 5.32 Å². The molecule has 5 nitrogen and oxygen atoms in total. The Hall–Kier alpha value is -2.53. The monoisotopic (exact) mass is 347 g/mol. The molecule has 24 heavy (non-hydrogen) atoms. The second-order valence-electron chi connectivity index (χ2n) is 6.44. The summed E-state index contributed by atoms with van der Waals surface area (Å²) in [4.78, 5) is 23.3. The van der Waals surface area contributed by atoms with Gasteiger partial charge in [-0.3, -0.25) is 4.79 Å². The minimum Gasteiger partial charge on any atom is -0.507 e. The molecule has 0 aliphatic rings. The molecule has 0 bridgehead atoms. The molecule has 0 atom stereocenters.